The normalized spacial score (nSPS) is 12.4. The summed E-state index contributed by atoms with van der Waals surface area (Å²) < 4.78 is 0. The van der Waals surface area contributed by atoms with Gasteiger partial charge < -0.3 is 15.1 Å². The zero-order valence-corrected chi connectivity index (χ0v) is 11.3. The van der Waals surface area contributed by atoms with Gasteiger partial charge in [0.2, 0.25) is 0 Å². The lowest BCUT2D eigenvalue weighted by Gasteiger charge is -2.19. The summed E-state index contributed by atoms with van der Waals surface area (Å²) in [7, 11) is 2.03. The van der Waals surface area contributed by atoms with Gasteiger partial charge in [-0.1, -0.05) is 6.92 Å². The molecule has 102 valence electrons. The fraction of sp³-hybridized carbons (Fsp3) is 0.643. The van der Waals surface area contributed by atoms with E-state index < -0.39 is 6.10 Å². The number of anilines is 1. The van der Waals surface area contributed by atoms with Crippen molar-refractivity contribution in [1.29, 1.82) is 0 Å². The third kappa shape index (κ3) is 4.63. The van der Waals surface area contributed by atoms with Crippen molar-refractivity contribution >= 4 is 5.69 Å². The summed E-state index contributed by atoms with van der Waals surface area (Å²) in [6.07, 6.45) is 5.00. The van der Waals surface area contributed by atoms with Crippen LogP contribution >= 0.6 is 0 Å². The molecule has 0 aliphatic rings. The Balaban J connectivity index is 2.46. The molecule has 1 heterocycles. The first kappa shape index (κ1) is 14.9. The van der Waals surface area contributed by atoms with E-state index in [4.69, 9.17) is 5.11 Å². The first-order valence-electron chi connectivity index (χ1n) is 6.65. The Hall–Kier alpha value is -1.13. The van der Waals surface area contributed by atoms with Gasteiger partial charge in [0.05, 0.1) is 23.7 Å². The van der Waals surface area contributed by atoms with Crippen molar-refractivity contribution in [2.45, 2.75) is 38.7 Å². The summed E-state index contributed by atoms with van der Waals surface area (Å²) in [5.41, 5.74) is 1.79. The van der Waals surface area contributed by atoms with E-state index in [1.807, 2.05) is 26.1 Å². The molecule has 0 aliphatic carbocycles. The van der Waals surface area contributed by atoms with Gasteiger partial charge in [-0.15, -0.1) is 0 Å². The molecule has 18 heavy (non-hydrogen) atoms. The molecular formula is C14H24N2O2. The van der Waals surface area contributed by atoms with Crippen molar-refractivity contribution < 1.29 is 10.2 Å². The van der Waals surface area contributed by atoms with Gasteiger partial charge in [-0.2, -0.15) is 0 Å². The Morgan fingerprint density at radius 2 is 2.06 bits per heavy atom. The van der Waals surface area contributed by atoms with Gasteiger partial charge in [0.1, 0.15) is 0 Å². The van der Waals surface area contributed by atoms with Gasteiger partial charge >= 0.3 is 0 Å². The van der Waals surface area contributed by atoms with Crippen LogP contribution < -0.4 is 4.90 Å². The van der Waals surface area contributed by atoms with E-state index in [1.165, 1.54) is 0 Å². The number of aliphatic hydroxyl groups is 2. The molecule has 0 aliphatic heterocycles. The van der Waals surface area contributed by atoms with Crippen molar-refractivity contribution in [3.63, 3.8) is 0 Å². The number of nitrogens with zero attached hydrogens (tertiary/aromatic N) is 2. The van der Waals surface area contributed by atoms with E-state index in [9.17, 15) is 5.11 Å². The van der Waals surface area contributed by atoms with Gasteiger partial charge in [0.25, 0.3) is 0 Å². The third-order valence-electron chi connectivity index (χ3n) is 3.09. The Bertz CT molecular complexity index is 327. The van der Waals surface area contributed by atoms with Crippen LogP contribution in [-0.2, 0) is 0 Å². The second-order valence-electron chi connectivity index (χ2n) is 4.57. The minimum atomic E-state index is -0.464. The molecule has 0 saturated heterocycles. The molecule has 1 atom stereocenters. The number of hydrogen-bond acceptors (Lipinski definition) is 4. The smallest absolute Gasteiger partial charge is 0.0957 e. The number of aromatic nitrogens is 1. The summed E-state index contributed by atoms with van der Waals surface area (Å²) in [5, 5.41) is 18.4. The van der Waals surface area contributed by atoms with E-state index in [0.29, 0.717) is 6.42 Å². The van der Waals surface area contributed by atoms with Crippen LogP contribution in [0, 0.1) is 0 Å². The maximum atomic E-state index is 9.66. The Kier molecular flexibility index (Phi) is 6.68. The highest BCUT2D eigenvalue weighted by molar-refractivity contribution is 5.43. The Morgan fingerprint density at radius 1 is 1.28 bits per heavy atom. The molecule has 1 unspecified atom stereocenters. The van der Waals surface area contributed by atoms with Gasteiger partial charge in [0.15, 0.2) is 0 Å². The SMILES string of the molecule is CCC(O)c1ccc(N(C)CCCCCO)cn1. The van der Waals surface area contributed by atoms with E-state index in [2.05, 4.69) is 9.88 Å². The van der Waals surface area contributed by atoms with E-state index >= 15 is 0 Å². The highest BCUT2D eigenvalue weighted by atomic mass is 16.3. The summed E-state index contributed by atoms with van der Waals surface area (Å²) >= 11 is 0. The molecule has 4 heteroatoms. The summed E-state index contributed by atoms with van der Waals surface area (Å²) in [4.78, 5) is 6.43. The molecule has 4 nitrogen and oxygen atoms in total. The Labute approximate surface area is 109 Å². The highest BCUT2D eigenvalue weighted by Crippen LogP contribution is 2.17. The fourth-order valence-electron chi connectivity index (χ4n) is 1.80. The van der Waals surface area contributed by atoms with Gasteiger partial charge in [-0.3, -0.25) is 4.98 Å². The topological polar surface area (TPSA) is 56.6 Å². The number of pyridine rings is 1. The predicted octanol–water partition coefficient (Wildman–Crippen LogP) is 2.12. The van der Waals surface area contributed by atoms with Crippen molar-refractivity contribution in [3.8, 4) is 0 Å². The summed E-state index contributed by atoms with van der Waals surface area (Å²) in [6.45, 7) is 3.17. The summed E-state index contributed by atoms with van der Waals surface area (Å²) in [6, 6.07) is 3.88. The molecule has 1 aromatic heterocycles. The first-order chi connectivity index (χ1) is 8.69. The first-order valence-corrected chi connectivity index (χ1v) is 6.65. The monoisotopic (exact) mass is 252 g/mol. The van der Waals surface area contributed by atoms with E-state index in [1.54, 1.807) is 6.20 Å². The minimum Gasteiger partial charge on any atom is -0.396 e. The minimum absolute atomic E-state index is 0.273. The molecule has 2 N–H and O–H groups in total. The lowest BCUT2D eigenvalue weighted by Crippen LogP contribution is -2.18. The highest BCUT2D eigenvalue weighted by Gasteiger charge is 2.07. The molecule has 0 spiro atoms. The molecule has 0 bridgehead atoms. The zero-order valence-electron chi connectivity index (χ0n) is 11.3. The van der Waals surface area contributed by atoms with Crippen molar-refractivity contribution in [3.05, 3.63) is 24.0 Å². The Morgan fingerprint density at radius 3 is 2.61 bits per heavy atom. The average Bonchev–Trinajstić information content (AvgIpc) is 2.42. The number of rotatable bonds is 8. The van der Waals surface area contributed by atoms with Crippen LogP contribution in [0.2, 0.25) is 0 Å². The van der Waals surface area contributed by atoms with Gasteiger partial charge in [-0.05, 0) is 37.8 Å². The van der Waals surface area contributed by atoms with E-state index in [-0.39, 0.29) is 6.61 Å². The number of hydrogen-bond donors (Lipinski definition) is 2. The molecule has 1 aromatic rings. The second-order valence-corrected chi connectivity index (χ2v) is 4.57. The van der Waals surface area contributed by atoms with Crippen LogP contribution in [0.1, 0.15) is 44.4 Å². The molecule has 0 saturated carbocycles. The molecule has 0 amide bonds. The third-order valence-corrected chi connectivity index (χ3v) is 3.09. The number of aliphatic hydroxyl groups excluding tert-OH is 2. The maximum absolute atomic E-state index is 9.66. The largest absolute Gasteiger partial charge is 0.396 e. The van der Waals surface area contributed by atoms with Gasteiger partial charge in [0, 0.05) is 20.2 Å². The molecular weight excluding hydrogens is 228 g/mol. The number of unbranched alkanes of at least 4 members (excludes halogenated alkanes) is 2. The average molecular weight is 252 g/mol. The van der Waals surface area contributed by atoms with Crippen molar-refractivity contribution in [1.82, 2.24) is 4.98 Å². The summed E-state index contributed by atoms with van der Waals surface area (Å²) in [5.74, 6) is 0. The second kappa shape index (κ2) is 8.06. The molecule has 0 aromatic carbocycles. The van der Waals surface area contributed by atoms with E-state index in [0.717, 1.165) is 37.2 Å². The maximum Gasteiger partial charge on any atom is 0.0957 e. The molecule has 1 rings (SSSR count). The molecule has 0 fully saturated rings. The van der Waals surface area contributed by atoms with Crippen LogP contribution in [0.25, 0.3) is 0 Å². The van der Waals surface area contributed by atoms with Gasteiger partial charge in [-0.25, -0.2) is 0 Å². The van der Waals surface area contributed by atoms with Crippen LogP contribution in [0.15, 0.2) is 18.3 Å². The fourth-order valence-corrected chi connectivity index (χ4v) is 1.80. The van der Waals surface area contributed by atoms with Crippen LogP contribution in [0.3, 0.4) is 0 Å². The zero-order chi connectivity index (χ0) is 13.4. The van der Waals surface area contributed by atoms with Crippen LogP contribution in [0.5, 0.6) is 0 Å². The lowest BCUT2D eigenvalue weighted by atomic mass is 10.2. The lowest BCUT2D eigenvalue weighted by molar-refractivity contribution is 0.169. The van der Waals surface area contributed by atoms with Crippen molar-refractivity contribution in [2.24, 2.45) is 0 Å². The quantitative estimate of drug-likeness (QED) is 0.696. The standard InChI is InChI=1S/C14H24N2O2/c1-3-14(18)13-8-7-12(11-15-13)16(2)9-5-4-6-10-17/h7-8,11,14,17-18H,3-6,9-10H2,1-2H3. The van der Waals surface area contributed by atoms with Crippen molar-refractivity contribution in [2.75, 3.05) is 25.1 Å². The molecule has 0 radical (unpaired) electrons. The predicted molar refractivity (Wildman–Crippen MR) is 73.7 cm³/mol. The van der Waals surface area contributed by atoms with Crippen LogP contribution in [-0.4, -0.2) is 35.4 Å². The van der Waals surface area contributed by atoms with Crippen LogP contribution in [0.4, 0.5) is 5.69 Å².